The Hall–Kier alpha value is -3.61. The van der Waals surface area contributed by atoms with Gasteiger partial charge in [-0.25, -0.2) is 9.97 Å². The lowest BCUT2D eigenvalue weighted by molar-refractivity contribution is -0.114. The second kappa shape index (κ2) is 9.54. The van der Waals surface area contributed by atoms with Crippen molar-refractivity contribution >= 4 is 28.9 Å². The number of anilines is 4. The lowest BCUT2D eigenvalue weighted by Gasteiger charge is -2.11. The van der Waals surface area contributed by atoms with Crippen LogP contribution < -0.4 is 20.7 Å². The molecule has 0 spiro atoms. The Morgan fingerprint density at radius 2 is 1.72 bits per heavy atom. The molecule has 29 heavy (non-hydrogen) atoms. The minimum atomic E-state index is -0.0956. The Kier molecular flexibility index (Phi) is 6.63. The van der Waals surface area contributed by atoms with Crippen LogP contribution in [0.4, 0.5) is 23.0 Å². The van der Waals surface area contributed by atoms with Crippen LogP contribution in [-0.4, -0.2) is 29.5 Å². The minimum absolute atomic E-state index is 0.0956. The Morgan fingerprint density at radius 1 is 1.00 bits per heavy atom. The topological polar surface area (TPSA) is 88.2 Å². The molecule has 3 rings (SSSR count). The molecule has 0 fully saturated rings. The summed E-state index contributed by atoms with van der Waals surface area (Å²) in [7, 11) is 1.67. The zero-order valence-electron chi connectivity index (χ0n) is 16.8. The zero-order valence-corrected chi connectivity index (χ0v) is 16.8. The predicted molar refractivity (Wildman–Crippen MR) is 116 cm³/mol. The fraction of sp³-hybridized carbons (Fsp3) is 0.227. The molecular weight excluding hydrogens is 366 g/mol. The quantitative estimate of drug-likeness (QED) is 0.535. The van der Waals surface area contributed by atoms with Gasteiger partial charge in [-0.2, -0.15) is 0 Å². The van der Waals surface area contributed by atoms with E-state index in [4.69, 9.17) is 4.74 Å². The number of hydrogen-bond acceptors (Lipinski definition) is 6. The Bertz CT molecular complexity index is 973. The molecular formula is C22H25N5O2. The summed E-state index contributed by atoms with van der Waals surface area (Å²) in [4.78, 5) is 20.0. The van der Waals surface area contributed by atoms with E-state index in [1.165, 1.54) is 12.5 Å². The number of hydrogen-bond donors (Lipinski definition) is 3. The highest BCUT2D eigenvalue weighted by molar-refractivity contribution is 5.88. The number of nitrogens with one attached hydrogen (secondary N) is 3. The summed E-state index contributed by atoms with van der Waals surface area (Å²) in [6, 6.07) is 17.4. The molecule has 3 N–H and O–H groups in total. The molecule has 2 aromatic carbocycles. The van der Waals surface area contributed by atoms with Crippen LogP contribution in [0.2, 0.25) is 0 Å². The van der Waals surface area contributed by atoms with Gasteiger partial charge in [0, 0.05) is 30.9 Å². The maximum atomic E-state index is 11.1. The van der Waals surface area contributed by atoms with E-state index in [9.17, 15) is 4.79 Å². The van der Waals surface area contributed by atoms with Crippen LogP contribution in [-0.2, 0) is 11.2 Å². The number of aromatic nitrogens is 2. The van der Waals surface area contributed by atoms with Gasteiger partial charge in [-0.15, -0.1) is 0 Å². The first-order valence-corrected chi connectivity index (χ1v) is 9.39. The summed E-state index contributed by atoms with van der Waals surface area (Å²) in [5.74, 6) is 2.90. The van der Waals surface area contributed by atoms with E-state index in [1.54, 1.807) is 7.11 Å². The second-order valence-electron chi connectivity index (χ2n) is 6.60. The van der Waals surface area contributed by atoms with E-state index in [0.29, 0.717) is 11.6 Å². The van der Waals surface area contributed by atoms with Crippen molar-refractivity contribution in [2.45, 2.75) is 20.3 Å². The number of nitrogens with zero attached hydrogens (tertiary/aromatic N) is 2. The summed E-state index contributed by atoms with van der Waals surface area (Å²) in [6.45, 7) is 4.09. The first kappa shape index (κ1) is 20.1. The van der Waals surface area contributed by atoms with Gasteiger partial charge in [0.15, 0.2) is 0 Å². The van der Waals surface area contributed by atoms with Crippen LogP contribution in [0.1, 0.15) is 18.3 Å². The number of ether oxygens (including phenoxy) is 1. The highest BCUT2D eigenvalue weighted by Gasteiger charge is 2.04. The number of rotatable bonds is 8. The third-order valence-corrected chi connectivity index (χ3v) is 4.17. The number of carbonyl (C=O) groups excluding carboxylic acids is 1. The van der Waals surface area contributed by atoms with Crippen LogP contribution in [0.15, 0.2) is 54.6 Å². The number of aryl methyl sites for hydroxylation is 1. The lowest BCUT2D eigenvalue weighted by atomic mass is 10.1. The molecule has 1 heterocycles. The van der Waals surface area contributed by atoms with E-state index in [-0.39, 0.29) is 5.91 Å². The van der Waals surface area contributed by atoms with Gasteiger partial charge in [0.2, 0.25) is 5.91 Å². The van der Waals surface area contributed by atoms with Crippen molar-refractivity contribution in [1.82, 2.24) is 9.97 Å². The number of carbonyl (C=O) groups is 1. The molecule has 0 aliphatic heterocycles. The summed E-state index contributed by atoms with van der Waals surface area (Å²) in [5.41, 5.74) is 2.82. The van der Waals surface area contributed by atoms with Gasteiger partial charge in [-0.3, -0.25) is 4.79 Å². The normalized spacial score (nSPS) is 10.3. The highest BCUT2D eigenvalue weighted by atomic mass is 16.5. The molecule has 0 atom stereocenters. The molecule has 0 saturated heterocycles. The van der Waals surface area contributed by atoms with Crippen molar-refractivity contribution in [1.29, 1.82) is 0 Å². The van der Waals surface area contributed by atoms with Crippen molar-refractivity contribution in [3.8, 4) is 5.75 Å². The SMILES string of the molecule is COc1cccc(CCNc2cc(Nc3ccc(NC(C)=O)cc3)nc(C)n2)c1. The minimum Gasteiger partial charge on any atom is -0.497 e. The Labute approximate surface area is 170 Å². The van der Waals surface area contributed by atoms with E-state index in [0.717, 1.165) is 35.9 Å². The van der Waals surface area contributed by atoms with Gasteiger partial charge in [0.05, 0.1) is 7.11 Å². The number of benzene rings is 2. The van der Waals surface area contributed by atoms with E-state index in [1.807, 2.05) is 55.5 Å². The molecule has 0 saturated carbocycles. The predicted octanol–water partition coefficient (Wildman–Crippen LogP) is 4.15. The van der Waals surface area contributed by atoms with Gasteiger partial charge < -0.3 is 20.7 Å². The average Bonchev–Trinajstić information content (AvgIpc) is 2.69. The zero-order chi connectivity index (χ0) is 20.6. The fourth-order valence-corrected chi connectivity index (χ4v) is 2.87. The average molecular weight is 391 g/mol. The van der Waals surface area contributed by atoms with Crippen LogP contribution >= 0.6 is 0 Å². The first-order chi connectivity index (χ1) is 14.0. The van der Waals surface area contributed by atoms with Gasteiger partial charge >= 0.3 is 0 Å². The van der Waals surface area contributed by atoms with Crippen LogP contribution in [0.3, 0.4) is 0 Å². The fourth-order valence-electron chi connectivity index (χ4n) is 2.87. The van der Waals surface area contributed by atoms with Gasteiger partial charge in [-0.1, -0.05) is 12.1 Å². The number of amides is 1. The van der Waals surface area contributed by atoms with Crippen LogP contribution in [0.25, 0.3) is 0 Å². The molecule has 150 valence electrons. The van der Waals surface area contributed by atoms with E-state index >= 15 is 0 Å². The molecule has 7 heteroatoms. The van der Waals surface area contributed by atoms with Crippen LogP contribution in [0, 0.1) is 6.92 Å². The summed E-state index contributed by atoms with van der Waals surface area (Å²) < 4.78 is 5.26. The molecule has 1 amide bonds. The van der Waals surface area contributed by atoms with Crippen molar-refractivity contribution in [3.63, 3.8) is 0 Å². The van der Waals surface area contributed by atoms with Gasteiger partial charge in [0.1, 0.15) is 23.2 Å². The second-order valence-corrected chi connectivity index (χ2v) is 6.60. The molecule has 3 aromatic rings. The van der Waals surface area contributed by atoms with Crippen molar-refractivity contribution in [2.24, 2.45) is 0 Å². The van der Waals surface area contributed by atoms with E-state index in [2.05, 4.69) is 32.0 Å². The summed E-state index contributed by atoms with van der Waals surface area (Å²) >= 11 is 0. The first-order valence-electron chi connectivity index (χ1n) is 9.39. The third-order valence-electron chi connectivity index (χ3n) is 4.17. The molecule has 1 aromatic heterocycles. The Balaban J connectivity index is 1.61. The third kappa shape index (κ3) is 6.21. The molecule has 0 aliphatic carbocycles. The van der Waals surface area contributed by atoms with Crippen molar-refractivity contribution in [3.05, 3.63) is 66.0 Å². The van der Waals surface area contributed by atoms with Gasteiger partial charge in [0.25, 0.3) is 0 Å². The molecule has 0 unspecified atom stereocenters. The van der Waals surface area contributed by atoms with Gasteiger partial charge in [-0.05, 0) is 55.3 Å². The smallest absolute Gasteiger partial charge is 0.221 e. The monoisotopic (exact) mass is 391 g/mol. The lowest BCUT2D eigenvalue weighted by Crippen LogP contribution is -2.08. The number of methoxy groups -OCH3 is 1. The Morgan fingerprint density at radius 3 is 2.45 bits per heavy atom. The molecule has 0 radical (unpaired) electrons. The molecule has 7 nitrogen and oxygen atoms in total. The maximum Gasteiger partial charge on any atom is 0.221 e. The largest absolute Gasteiger partial charge is 0.497 e. The standard InChI is InChI=1S/C22H25N5O2/c1-15-24-21(23-12-11-17-5-4-6-20(13-17)29-3)14-22(25-15)27-19-9-7-18(8-10-19)26-16(2)28/h4-10,13-14H,11-12H2,1-3H3,(H,26,28)(H2,23,24,25,27). The highest BCUT2D eigenvalue weighted by Crippen LogP contribution is 2.20. The van der Waals surface area contributed by atoms with E-state index < -0.39 is 0 Å². The van der Waals surface area contributed by atoms with Crippen molar-refractivity contribution < 1.29 is 9.53 Å². The molecule has 0 aliphatic rings. The summed E-state index contributed by atoms with van der Waals surface area (Å²) in [6.07, 6.45) is 0.855. The van der Waals surface area contributed by atoms with Crippen molar-refractivity contribution in [2.75, 3.05) is 29.6 Å². The molecule has 0 bridgehead atoms. The van der Waals surface area contributed by atoms with Crippen LogP contribution in [0.5, 0.6) is 5.75 Å². The summed E-state index contributed by atoms with van der Waals surface area (Å²) in [5, 5.41) is 9.37. The maximum absolute atomic E-state index is 11.1.